The van der Waals surface area contributed by atoms with Crippen LogP contribution in [-0.4, -0.2) is 47.8 Å². The van der Waals surface area contributed by atoms with Gasteiger partial charge >= 0.3 is 0 Å². The maximum atomic E-state index is 13.3. The molecule has 1 atom stereocenters. The second-order valence-corrected chi connectivity index (χ2v) is 9.82. The van der Waals surface area contributed by atoms with Crippen molar-refractivity contribution >= 4 is 23.2 Å². The Kier molecular flexibility index (Phi) is 5.86. The molecule has 0 unspecified atom stereocenters. The molecule has 4 rings (SSSR count). The van der Waals surface area contributed by atoms with E-state index in [2.05, 4.69) is 16.3 Å². The van der Waals surface area contributed by atoms with Crippen molar-refractivity contribution in [1.29, 1.82) is 0 Å². The van der Waals surface area contributed by atoms with Crippen LogP contribution in [0.25, 0.3) is 0 Å². The van der Waals surface area contributed by atoms with Gasteiger partial charge < -0.3 is 9.80 Å². The lowest BCUT2D eigenvalue weighted by Gasteiger charge is -2.41. The molecule has 0 N–H and O–H groups in total. The number of aryl methyl sites for hydroxylation is 1. The number of carbonyl (C=O) groups excluding carboxylic acids is 2. The summed E-state index contributed by atoms with van der Waals surface area (Å²) in [4.78, 5) is 31.4. The Balaban J connectivity index is 1.33. The van der Waals surface area contributed by atoms with Crippen LogP contribution in [-0.2, 0) is 16.0 Å². The minimum atomic E-state index is -0.286. The largest absolute Gasteiger partial charge is 0.342 e. The monoisotopic (exact) mass is 388 g/mol. The average molecular weight is 389 g/mol. The summed E-state index contributed by atoms with van der Waals surface area (Å²) in [6.07, 6.45) is 10.9. The molecule has 1 aliphatic carbocycles. The van der Waals surface area contributed by atoms with Crippen molar-refractivity contribution in [3.05, 3.63) is 22.4 Å². The SMILES string of the molecule is O=C(CCc1cccs1)N1CC[C@@]2(CCCN(CC3CCCCC3)C2=O)C1. The molecule has 2 aliphatic heterocycles. The smallest absolute Gasteiger partial charge is 0.230 e. The Morgan fingerprint density at radius 3 is 2.78 bits per heavy atom. The van der Waals surface area contributed by atoms with Crippen molar-refractivity contribution < 1.29 is 9.59 Å². The van der Waals surface area contributed by atoms with E-state index in [1.165, 1.54) is 37.0 Å². The zero-order valence-electron chi connectivity index (χ0n) is 16.3. The molecule has 3 heterocycles. The van der Waals surface area contributed by atoms with Crippen LogP contribution in [0.15, 0.2) is 17.5 Å². The minimum Gasteiger partial charge on any atom is -0.342 e. The lowest BCUT2D eigenvalue weighted by atomic mass is 9.77. The molecular formula is C22H32N2O2S. The van der Waals surface area contributed by atoms with E-state index < -0.39 is 0 Å². The van der Waals surface area contributed by atoms with E-state index in [1.54, 1.807) is 11.3 Å². The lowest BCUT2D eigenvalue weighted by Crippen LogP contribution is -2.51. The fourth-order valence-corrected chi connectivity index (χ4v) is 6.02. The summed E-state index contributed by atoms with van der Waals surface area (Å²) in [6, 6.07) is 4.13. The van der Waals surface area contributed by atoms with Gasteiger partial charge in [0, 0.05) is 37.5 Å². The molecule has 5 heteroatoms. The van der Waals surface area contributed by atoms with Gasteiger partial charge in [-0.15, -0.1) is 11.3 Å². The molecule has 2 saturated heterocycles. The van der Waals surface area contributed by atoms with Crippen molar-refractivity contribution in [3.8, 4) is 0 Å². The van der Waals surface area contributed by atoms with E-state index in [1.807, 2.05) is 11.0 Å². The molecule has 0 radical (unpaired) electrons. The molecule has 1 spiro atoms. The average Bonchev–Trinajstić information content (AvgIpc) is 3.35. The third kappa shape index (κ3) is 4.23. The number of rotatable bonds is 5. The quantitative estimate of drug-likeness (QED) is 0.762. The maximum absolute atomic E-state index is 13.3. The van der Waals surface area contributed by atoms with E-state index in [0.29, 0.717) is 24.8 Å². The van der Waals surface area contributed by atoms with Crippen molar-refractivity contribution in [2.45, 2.75) is 64.2 Å². The summed E-state index contributed by atoms with van der Waals surface area (Å²) >= 11 is 1.71. The van der Waals surface area contributed by atoms with Gasteiger partial charge in [-0.1, -0.05) is 25.3 Å². The molecule has 148 valence electrons. The van der Waals surface area contributed by atoms with Gasteiger partial charge in [-0.25, -0.2) is 0 Å². The van der Waals surface area contributed by atoms with Crippen LogP contribution in [0.1, 0.15) is 62.7 Å². The predicted octanol–water partition coefficient (Wildman–Crippen LogP) is 4.10. The lowest BCUT2D eigenvalue weighted by molar-refractivity contribution is -0.147. The summed E-state index contributed by atoms with van der Waals surface area (Å²) in [5.41, 5.74) is -0.286. The summed E-state index contributed by atoms with van der Waals surface area (Å²) in [5.74, 6) is 1.26. The highest BCUT2D eigenvalue weighted by molar-refractivity contribution is 7.09. The van der Waals surface area contributed by atoms with Gasteiger partial charge in [0.05, 0.1) is 5.41 Å². The van der Waals surface area contributed by atoms with Crippen LogP contribution >= 0.6 is 11.3 Å². The first kappa shape index (κ1) is 19.0. The van der Waals surface area contributed by atoms with Crippen LogP contribution in [0.4, 0.5) is 0 Å². The van der Waals surface area contributed by atoms with E-state index in [4.69, 9.17) is 0 Å². The molecule has 1 saturated carbocycles. The standard InChI is InChI=1S/C22H32N2O2S/c25-20(10-9-19-8-4-15-27-19)24-14-12-22(17-24)11-5-13-23(21(22)26)16-18-6-2-1-3-7-18/h4,8,15,18H,1-3,5-7,9-14,16-17H2/t22-/m0/s1. The maximum Gasteiger partial charge on any atom is 0.230 e. The highest BCUT2D eigenvalue weighted by Gasteiger charge is 2.49. The highest BCUT2D eigenvalue weighted by atomic mass is 32.1. The van der Waals surface area contributed by atoms with E-state index in [0.717, 1.165) is 45.3 Å². The van der Waals surface area contributed by atoms with Crippen molar-refractivity contribution in [1.82, 2.24) is 9.80 Å². The normalized spacial score (nSPS) is 26.9. The molecule has 3 fully saturated rings. The fourth-order valence-electron chi connectivity index (χ4n) is 5.31. The predicted molar refractivity (Wildman–Crippen MR) is 109 cm³/mol. The van der Waals surface area contributed by atoms with Crippen LogP contribution in [0.2, 0.25) is 0 Å². The van der Waals surface area contributed by atoms with Crippen molar-refractivity contribution in [2.24, 2.45) is 11.3 Å². The van der Waals surface area contributed by atoms with E-state index in [-0.39, 0.29) is 11.3 Å². The molecule has 2 amide bonds. The molecule has 0 aromatic carbocycles. The number of hydrogen-bond acceptors (Lipinski definition) is 3. The Hall–Kier alpha value is -1.36. The molecule has 27 heavy (non-hydrogen) atoms. The summed E-state index contributed by atoms with van der Waals surface area (Å²) < 4.78 is 0. The van der Waals surface area contributed by atoms with Gasteiger partial charge in [-0.3, -0.25) is 9.59 Å². The number of piperidine rings is 1. The number of likely N-dealkylation sites (tertiary alicyclic amines) is 2. The second-order valence-electron chi connectivity index (χ2n) is 8.78. The van der Waals surface area contributed by atoms with Crippen LogP contribution < -0.4 is 0 Å². The second kappa shape index (κ2) is 8.34. The van der Waals surface area contributed by atoms with Crippen LogP contribution in [0.3, 0.4) is 0 Å². The third-order valence-electron chi connectivity index (χ3n) is 6.90. The number of carbonyl (C=O) groups is 2. The molecule has 0 bridgehead atoms. The molecular weight excluding hydrogens is 356 g/mol. The topological polar surface area (TPSA) is 40.6 Å². The Morgan fingerprint density at radius 1 is 1.15 bits per heavy atom. The fraction of sp³-hybridized carbons (Fsp3) is 0.727. The summed E-state index contributed by atoms with van der Waals surface area (Å²) in [7, 11) is 0. The van der Waals surface area contributed by atoms with Crippen molar-refractivity contribution in [2.75, 3.05) is 26.2 Å². The van der Waals surface area contributed by atoms with E-state index >= 15 is 0 Å². The first-order valence-corrected chi connectivity index (χ1v) is 11.6. The van der Waals surface area contributed by atoms with Gasteiger partial charge in [0.15, 0.2) is 0 Å². The summed E-state index contributed by atoms with van der Waals surface area (Å²) in [5, 5.41) is 2.06. The molecule has 4 nitrogen and oxygen atoms in total. The number of hydrogen-bond donors (Lipinski definition) is 0. The first-order valence-electron chi connectivity index (χ1n) is 10.8. The highest BCUT2D eigenvalue weighted by Crippen LogP contribution is 2.41. The Morgan fingerprint density at radius 2 is 2.00 bits per heavy atom. The minimum absolute atomic E-state index is 0.220. The van der Waals surface area contributed by atoms with Gasteiger partial charge in [-0.05, 0) is 55.9 Å². The Labute approximate surface area is 166 Å². The van der Waals surface area contributed by atoms with Gasteiger partial charge in [0.25, 0.3) is 0 Å². The third-order valence-corrected chi connectivity index (χ3v) is 7.84. The van der Waals surface area contributed by atoms with Gasteiger partial charge in [0.1, 0.15) is 0 Å². The Bertz CT molecular complexity index is 653. The number of thiophene rings is 1. The van der Waals surface area contributed by atoms with Crippen LogP contribution in [0, 0.1) is 11.3 Å². The van der Waals surface area contributed by atoms with Crippen molar-refractivity contribution in [3.63, 3.8) is 0 Å². The zero-order chi connectivity index (χ0) is 18.7. The van der Waals surface area contributed by atoms with E-state index in [9.17, 15) is 9.59 Å². The summed E-state index contributed by atoms with van der Waals surface area (Å²) in [6.45, 7) is 3.28. The molecule has 1 aromatic rings. The van der Waals surface area contributed by atoms with Crippen LogP contribution in [0.5, 0.6) is 0 Å². The molecule has 3 aliphatic rings. The first-order chi connectivity index (χ1) is 13.2. The van der Waals surface area contributed by atoms with Gasteiger partial charge in [-0.2, -0.15) is 0 Å². The number of amides is 2. The van der Waals surface area contributed by atoms with Gasteiger partial charge in [0.2, 0.25) is 11.8 Å². The molecule has 1 aromatic heterocycles. The zero-order valence-corrected chi connectivity index (χ0v) is 17.1. The number of nitrogens with zero attached hydrogens (tertiary/aromatic N) is 2.